The van der Waals surface area contributed by atoms with Crippen molar-refractivity contribution in [3.05, 3.63) is 12.1 Å². The molecule has 0 unspecified atom stereocenters. The number of aromatic nitrogens is 1. The van der Waals surface area contributed by atoms with Gasteiger partial charge in [-0.05, 0) is 32.8 Å². The maximum atomic E-state index is 2.56. The van der Waals surface area contributed by atoms with Crippen LogP contribution in [0, 0.1) is 21.7 Å². The summed E-state index contributed by atoms with van der Waals surface area (Å²) in [6.07, 6.45) is 5.27. The number of hydrogen-bond donors (Lipinski definition) is 0. The third-order valence-corrected chi connectivity index (χ3v) is 8.73. The Bertz CT molecular complexity index is 551. The minimum Gasteiger partial charge on any atom is -0.369 e. The summed E-state index contributed by atoms with van der Waals surface area (Å²) in [7, 11) is 2.32. The highest BCUT2D eigenvalue weighted by molar-refractivity contribution is 6.76. The van der Waals surface area contributed by atoms with Crippen molar-refractivity contribution in [2.75, 3.05) is 0 Å². The molecule has 1 nitrogen and oxygen atoms in total. The lowest BCUT2D eigenvalue weighted by molar-refractivity contribution is 0.177. The molecule has 2 aliphatic heterocycles. The van der Waals surface area contributed by atoms with Crippen molar-refractivity contribution in [1.82, 2.24) is 4.57 Å². The average molecular weight is 325 g/mol. The van der Waals surface area contributed by atoms with Gasteiger partial charge in [0, 0.05) is 7.05 Å². The molecule has 0 N–H and O–H groups in total. The van der Waals surface area contributed by atoms with Gasteiger partial charge in [0.1, 0.15) is 0 Å². The summed E-state index contributed by atoms with van der Waals surface area (Å²) in [5.41, 5.74) is 4.87. The Morgan fingerprint density at radius 2 is 0.875 bits per heavy atom. The SMILES string of the molecule is Cn1c(B2CC(C)(C)C(C)(C)C2)ccc1B1CC(C)(C)C(C)(C)C1. The molecule has 3 heteroatoms. The van der Waals surface area contributed by atoms with Crippen molar-refractivity contribution >= 4 is 24.6 Å². The Hall–Kier alpha value is -0.590. The topological polar surface area (TPSA) is 4.93 Å². The first-order chi connectivity index (χ1) is 10.8. The first-order valence-corrected chi connectivity index (χ1v) is 9.93. The molecule has 1 aromatic heterocycles. The Balaban J connectivity index is 1.87. The van der Waals surface area contributed by atoms with Crippen LogP contribution >= 0.6 is 0 Å². The standard InChI is InChI=1S/C21H37B2N/c1-18(2)12-22(13-19(18,3)4)16-10-11-17(24(16)9)23-14-20(5,6)21(7,8)15-23/h10-11H,12-15H2,1-9H3. The molecule has 0 atom stereocenters. The molecule has 132 valence electrons. The van der Waals surface area contributed by atoms with Gasteiger partial charge in [-0.15, -0.1) is 0 Å². The van der Waals surface area contributed by atoms with E-state index in [0.29, 0.717) is 21.7 Å². The van der Waals surface area contributed by atoms with Gasteiger partial charge in [0.2, 0.25) is 0 Å². The van der Waals surface area contributed by atoms with Gasteiger partial charge >= 0.3 is 0 Å². The molecule has 1 aromatic rings. The zero-order valence-corrected chi connectivity index (χ0v) is 17.6. The molecular weight excluding hydrogens is 288 g/mol. The maximum Gasteiger partial charge on any atom is 0.198 e. The summed E-state index contributed by atoms with van der Waals surface area (Å²) in [6, 6.07) is 4.88. The molecule has 0 radical (unpaired) electrons. The lowest BCUT2D eigenvalue weighted by Gasteiger charge is -2.35. The van der Waals surface area contributed by atoms with Crippen LogP contribution in [0.3, 0.4) is 0 Å². The van der Waals surface area contributed by atoms with Crippen molar-refractivity contribution in [1.29, 1.82) is 0 Å². The quantitative estimate of drug-likeness (QED) is 0.703. The molecular formula is C21H37B2N. The smallest absolute Gasteiger partial charge is 0.198 e. The molecule has 0 saturated carbocycles. The van der Waals surface area contributed by atoms with E-state index in [2.05, 4.69) is 79.1 Å². The van der Waals surface area contributed by atoms with E-state index < -0.39 is 0 Å². The Morgan fingerprint density at radius 3 is 1.12 bits per heavy atom. The van der Waals surface area contributed by atoms with Gasteiger partial charge in [-0.2, -0.15) is 0 Å². The van der Waals surface area contributed by atoms with Gasteiger partial charge in [0.05, 0.1) is 0 Å². The fourth-order valence-electron chi connectivity index (χ4n) is 5.50. The van der Waals surface area contributed by atoms with Crippen LogP contribution in [0.25, 0.3) is 0 Å². The Morgan fingerprint density at radius 1 is 0.625 bits per heavy atom. The summed E-state index contributed by atoms with van der Waals surface area (Å²) in [4.78, 5) is 0. The molecule has 24 heavy (non-hydrogen) atoms. The molecule has 0 amide bonds. The maximum absolute atomic E-state index is 2.56. The van der Waals surface area contributed by atoms with Crippen molar-refractivity contribution < 1.29 is 0 Å². The minimum absolute atomic E-state index is 0.430. The van der Waals surface area contributed by atoms with Crippen LogP contribution in [-0.2, 0) is 7.05 Å². The Kier molecular flexibility index (Phi) is 3.95. The van der Waals surface area contributed by atoms with Crippen molar-refractivity contribution in [3.8, 4) is 0 Å². The van der Waals surface area contributed by atoms with Crippen LogP contribution < -0.4 is 11.2 Å². The Labute approximate surface area is 151 Å². The van der Waals surface area contributed by atoms with Gasteiger partial charge < -0.3 is 4.57 Å². The van der Waals surface area contributed by atoms with Gasteiger partial charge in [-0.25, -0.2) is 0 Å². The van der Waals surface area contributed by atoms with E-state index in [4.69, 9.17) is 0 Å². The van der Waals surface area contributed by atoms with E-state index in [1.165, 1.54) is 25.3 Å². The lowest BCUT2D eigenvalue weighted by atomic mass is 9.43. The van der Waals surface area contributed by atoms with Gasteiger partial charge in [0.15, 0.2) is 13.4 Å². The zero-order chi connectivity index (χ0) is 18.1. The van der Waals surface area contributed by atoms with Crippen molar-refractivity contribution in [2.24, 2.45) is 28.7 Å². The molecule has 0 aliphatic carbocycles. The largest absolute Gasteiger partial charge is 0.369 e. The first-order valence-electron chi connectivity index (χ1n) is 9.93. The third-order valence-electron chi connectivity index (χ3n) is 8.73. The van der Waals surface area contributed by atoms with Gasteiger partial charge in [-0.1, -0.05) is 92.8 Å². The van der Waals surface area contributed by atoms with E-state index in [1.54, 1.807) is 11.2 Å². The fraction of sp³-hybridized carbons (Fsp3) is 0.810. The van der Waals surface area contributed by atoms with Crippen LogP contribution in [0.1, 0.15) is 55.4 Å². The summed E-state index contributed by atoms with van der Waals surface area (Å²) in [5.74, 6) is 0. The van der Waals surface area contributed by atoms with Crippen LogP contribution in [0.2, 0.25) is 25.3 Å². The van der Waals surface area contributed by atoms with Crippen molar-refractivity contribution in [3.63, 3.8) is 0 Å². The van der Waals surface area contributed by atoms with Gasteiger partial charge in [0.25, 0.3) is 0 Å². The second-order valence-corrected chi connectivity index (χ2v) is 11.5. The van der Waals surface area contributed by atoms with E-state index in [9.17, 15) is 0 Å². The van der Waals surface area contributed by atoms with Crippen LogP contribution in [0.4, 0.5) is 0 Å². The highest BCUT2D eigenvalue weighted by atomic mass is 14.9. The molecule has 0 spiro atoms. The molecule has 2 fully saturated rings. The minimum atomic E-state index is 0.430. The molecule has 2 aliphatic rings. The van der Waals surface area contributed by atoms with Gasteiger partial charge in [-0.3, -0.25) is 0 Å². The van der Waals surface area contributed by atoms with E-state index >= 15 is 0 Å². The molecule has 0 bridgehead atoms. The van der Waals surface area contributed by atoms with E-state index in [-0.39, 0.29) is 0 Å². The zero-order valence-electron chi connectivity index (χ0n) is 17.6. The molecule has 3 rings (SSSR count). The number of nitrogens with zero attached hydrogens (tertiary/aromatic N) is 1. The predicted octanol–water partition coefficient (Wildman–Crippen LogP) is 4.56. The first kappa shape index (κ1) is 18.2. The summed E-state index contributed by atoms with van der Waals surface area (Å²) < 4.78 is 2.56. The monoisotopic (exact) mass is 325 g/mol. The van der Waals surface area contributed by atoms with Crippen molar-refractivity contribution in [2.45, 2.75) is 80.7 Å². The predicted molar refractivity (Wildman–Crippen MR) is 111 cm³/mol. The highest BCUT2D eigenvalue weighted by Gasteiger charge is 2.51. The summed E-state index contributed by atoms with van der Waals surface area (Å²) in [6.45, 7) is 21.1. The molecule has 0 aromatic carbocycles. The normalized spacial score (nSPS) is 27.0. The van der Waals surface area contributed by atoms with E-state index in [1.807, 2.05) is 0 Å². The van der Waals surface area contributed by atoms with Crippen LogP contribution in [0.5, 0.6) is 0 Å². The second-order valence-electron chi connectivity index (χ2n) is 11.5. The highest BCUT2D eigenvalue weighted by Crippen LogP contribution is 2.53. The van der Waals surface area contributed by atoms with Crippen LogP contribution in [-0.4, -0.2) is 18.0 Å². The fourth-order valence-corrected chi connectivity index (χ4v) is 5.50. The molecule has 3 heterocycles. The third kappa shape index (κ3) is 2.61. The van der Waals surface area contributed by atoms with E-state index in [0.717, 1.165) is 13.4 Å². The number of hydrogen-bond acceptors (Lipinski definition) is 0. The summed E-state index contributed by atoms with van der Waals surface area (Å²) in [5, 5.41) is 0. The second kappa shape index (κ2) is 5.21. The average Bonchev–Trinajstić information content (AvgIpc) is 2.92. The lowest BCUT2D eigenvalue weighted by Crippen LogP contribution is -2.42. The van der Waals surface area contributed by atoms with Crippen LogP contribution in [0.15, 0.2) is 12.1 Å². The summed E-state index contributed by atoms with van der Waals surface area (Å²) >= 11 is 0. The molecule has 2 saturated heterocycles. The number of rotatable bonds is 2.